The van der Waals surface area contributed by atoms with Gasteiger partial charge in [-0.3, -0.25) is 9.78 Å². The van der Waals surface area contributed by atoms with Crippen LogP contribution in [0.15, 0.2) is 42.6 Å². The van der Waals surface area contributed by atoms with Crippen molar-refractivity contribution < 1.29 is 9.90 Å². The number of carbonyl (C=O) groups is 1. The zero-order valence-corrected chi connectivity index (χ0v) is 10.7. The number of aromatic carboxylic acids is 1. The van der Waals surface area contributed by atoms with Gasteiger partial charge in [0.15, 0.2) is 0 Å². The van der Waals surface area contributed by atoms with Crippen LogP contribution in [0.3, 0.4) is 0 Å². The van der Waals surface area contributed by atoms with Crippen LogP contribution in [0.1, 0.15) is 10.4 Å². The molecule has 0 aliphatic carbocycles. The Morgan fingerprint density at radius 1 is 1.30 bits per heavy atom. The molecule has 6 nitrogen and oxygen atoms in total. The van der Waals surface area contributed by atoms with Gasteiger partial charge in [-0.1, -0.05) is 30.3 Å². The van der Waals surface area contributed by atoms with E-state index in [9.17, 15) is 9.90 Å². The zero-order valence-electron chi connectivity index (χ0n) is 10.7. The van der Waals surface area contributed by atoms with E-state index in [1.165, 1.54) is 10.9 Å². The van der Waals surface area contributed by atoms with Crippen LogP contribution >= 0.6 is 0 Å². The van der Waals surface area contributed by atoms with E-state index in [1.54, 1.807) is 7.05 Å². The van der Waals surface area contributed by atoms with Crippen molar-refractivity contribution >= 4 is 5.97 Å². The molecule has 0 bridgehead atoms. The number of benzene rings is 1. The van der Waals surface area contributed by atoms with E-state index in [0.717, 1.165) is 11.3 Å². The van der Waals surface area contributed by atoms with Crippen LogP contribution in [0.4, 0.5) is 0 Å². The molecule has 100 valence electrons. The summed E-state index contributed by atoms with van der Waals surface area (Å²) in [6, 6.07) is 11.5. The number of carboxylic acid groups (broad SMARTS) is 1. The standard InChI is InChI=1S/C14H12N4O2/c1-18-13(10(8-15-18)14(19)20)12-7-11(16-17-12)9-5-3-2-4-6-9/h2-8H,1H3,(H,16,17)(H,19,20). The summed E-state index contributed by atoms with van der Waals surface area (Å²) in [7, 11) is 1.70. The van der Waals surface area contributed by atoms with Crippen molar-refractivity contribution in [1.29, 1.82) is 0 Å². The summed E-state index contributed by atoms with van der Waals surface area (Å²) in [6.07, 6.45) is 1.33. The lowest BCUT2D eigenvalue weighted by molar-refractivity contribution is 0.0697. The molecule has 20 heavy (non-hydrogen) atoms. The highest BCUT2D eigenvalue weighted by Crippen LogP contribution is 2.25. The third-order valence-corrected chi connectivity index (χ3v) is 3.07. The number of nitrogens with one attached hydrogen (secondary N) is 1. The fourth-order valence-corrected chi connectivity index (χ4v) is 2.11. The molecule has 0 radical (unpaired) electrons. The highest BCUT2D eigenvalue weighted by molar-refractivity contribution is 5.94. The van der Waals surface area contributed by atoms with Gasteiger partial charge in [0.05, 0.1) is 17.6 Å². The minimum atomic E-state index is -1.01. The van der Waals surface area contributed by atoms with E-state index >= 15 is 0 Å². The molecular weight excluding hydrogens is 256 g/mol. The third-order valence-electron chi connectivity index (χ3n) is 3.07. The van der Waals surface area contributed by atoms with Crippen molar-refractivity contribution in [1.82, 2.24) is 20.0 Å². The Labute approximate surface area is 114 Å². The lowest BCUT2D eigenvalue weighted by Gasteiger charge is -1.99. The van der Waals surface area contributed by atoms with E-state index in [2.05, 4.69) is 15.3 Å². The smallest absolute Gasteiger partial charge is 0.339 e. The Kier molecular flexibility index (Phi) is 2.83. The summed E-state index contributed by atoms with van der Waals surface area (Å²) in [5, 5.41) is 20.3. The Bertz CT molecular complexity index is 759. The van der Waals surface area contributed by atoms with Crippen molar-refractivity contribution in [2.24, 2.45) is 7.05 Å². The number of rotatable bonds is 3. The van der Waals surface area contributed by atoms with Gasteiger partial charge in [-0.05, 0) is 6.07 Å². The first kappa shape index (κ1) is 12.2. The predicted octanol–water partition coefficient (Wildman–Crippen LogP) is 2.18. The van der Waals surface area contributed by atoms with Crippen molar-refractivity contribution in [3.63, 3.8) is 0 Å². The summed E-state index contributed by atoms with van der Waals surface area (Å²) < 4.78 is 1.52. The molecule has 2 heterocycles. The average molecular weight is 268 g/mol. The van der Waals surface area contributed by atoms with E-state index in [4.69, 9.17) is 0 Å². The molecule has 0 aliphatic heterocycles. The van der Waals surface area contributed by atoms with Crippen LogP contribution in [0, 0.1) is 0 Å². The van der Waals surface area contributed by atoms with Crippen LogP contribution in [0.5, 0.6) is 0 Å². The molecule has 0 saturated carbocycles. The van der Waals surface area contributed by atoms with E-state index in [0.29, 0.717) is 11.4 Å². The van der Waals surface area contributed by atoms with E-state index in [1.807, 2.05) is 36.4 Å². The monoisotopic (exact) mass is 268 g/mol. The predicted molar refractivity (Wildman–Crippen MR) is 73.2 cm³/mol. The molecule has 0 atom stereocenters. The molecule has 3 rings (SSSR count). The second kappa shape index (κ2) is 4.65. The molecule has 0 unspecified atom stereocenters. The zero-order chi connectivity index (χ0) is 14.1. The molecule has 2 N–H and O–H groups in total. The van der Waals surface area contributed by atoms with Gasteiger partial charge in [0.25, 0.3) is 0 Å². The number of aromatic nitrogens is 4. The maximum absolute atomic E-state index is 11.2. The van der Waals surface area contributed by atoms with Crippen LogP contribution in [-0.2, 0) is 7.05 Å². The molecule has 2 aromatic heterocycles. The Balaban J connectivity index is 2.07. The fourth-order valence-electron chi connectivity index (χ4n) is 2.11. The minimum Gasteiger partial charge on any atom is -0.478 e. The number of nitrogens with zero attached hydrogens (tertiary/aromatic N) is 3. The molecule has 0 spiro atoms. The van der Waals surface area contributed by atoms with E-state index < -0.39 is 5.97 Å². The van der Waals surface area contributed by atoms with Gasteiger partial charge in [0.1, 0.15) is 11.3 Å². The van der Waals surface area contributed by atoms with Gasteiger partial charge in [-0.25, -0.2) is 4.79 Å². The summed E-state index contributed by atoms with van der Waals surface area (Å²) in [5.41, 5.74) is 3.01. The Morgan fingerprint density at radius 2 is 2.05 bits per heavy atom. The molecule has 0 aliphatic rings. The van der Waals surface area contributed by atoms with Gasteiger partial charge in [0.2, 0.25) is 0 Å². The van der Waals surface area contributed by atoms with Crippen molar-refractivity contribution in [2.75, 3.05) is 0 Å². The lowest BCUT2D eigenvalue weighted by atomic mass is 10.1. The molecule has 0 amide bonds. The molecular formula is C14H12N4O2. The normalized spacial score (nSPS) is 10.7. The van der Waals surface area contributed by atoms with Crippen LogP contribution < -0.4 is 0 Å². The third kappa shape index (κ3) is 1.97. The topological polar surface area (TPSA) is 83.8 Å². The summed E-state index contributed by atoms with van der Waals surface area (Å²) in [5.74, 6) is -1.01. The molecule has 3 aromatic rings. The number of hydrogen-bond donors (Lipinski definition) is 2. The highest BCUT2D eigenvalue weighted by atomic mass is 16.4. The minimum absolute atomic E-state index is 0.149. The van der Waals surface area contributed by atoms with Crippen LogP contribution in [0.2, 0.25) is 0 Å². The first-order valence-corrected chi connectivity index (χ1v) is 6.03. The van der Waals surface area contributed by atoms with Gasteiger partial charge >= 0.3 is 5.97 Å². The largest absolute Gasteiger partial charge is 0.478 e. The van der Waals surface area contributed by atoms with Crippen LogP contribution in [-0.4, -0.2) is 31.1 Å². The fraction of sp³-hybridized carbons (Fsp3) is 0.0714. The number of carboxylic acids is 1. The summed E-state index contributed by atoms with van der Waals surface area (Å²) in [4.78, 5) is 11.2. The first-order valence-electron chi connectivity index (χ1n) is 6.03. The molecule has 6 heteroatoms. The number of aromatic amines is 1. The van der Waals surface area contributed by atoms with Gasteiger partial charge in [-0.15, -0.1) is 0 Å². The Morgan fingerprint density at radius 3 is 2.75 bits per heavy atom. The van der Waals surface area contributed by atoms with Gasteiger partial charge in [-0.2, -0.15) is 10.2 Å². The quantitative estimate of drug-likeness (QED) is 0.762. The first-order chi connectivity index (χ1) is 9.66. The van der Waals surface area contributed by atoms with Crippen molar-refractivity contribution in [3.05, 3.63) is 48.2 Å². The van der Waals surface area contributed by atoms with Crippen molar-refractivity contribution in [2.45, 2.75) is 0 Å². The highest BCUT2D eigenvalue weighted by Gasteiger charge is 2.18. The van der Waals surface area contributed by atoms with Crippen molar-refractivity contribution in [3.8, 4) is 22.6 Å². The number of H-pyrrole nitrogens is 1. The van der Waals surface area contributed by atoms with Gasteiger partial charge < -0.3 is 5.11 Å². The second-order valence-electron chi connectivity index (χ2n) is 4.37. The molecule has 1 aromatic carbocycles. The molecule has 0 fully saturated rings. The van der Waals surface area contributed by atoms with Crippen LogP contribution in [0.25, 0.3) is 22.6 Å². The Hall–Kier alpha value is -2.89. The maximum Gasteiger partial charge on any atom is 0.339 e. The lowest BCUT2D eigenvalue weighted by Crippen LogP contribution is -2.00. The second-order valence-corrected chi connectivity index (χ2v) is 4.37. The van der Waals surface area contributed by atoms with Gasteiger partial charge in [0, 0.05) is 12.6 Å². The summed E-state index contributed by atoms with van der Waals surface area (Å²) in [6.45, 7) is 0. The van der Waals surface area contributed by atoms with E-state index in [-0.39, 0.29) is 5.56 Å². The maximum atomic E-state index is 11.2. The SMILES string of the molecule is Cn1ncc(C(=O)O)c1-c1cc(-c2ccccc2)n[nH]1. The number of aryl methyl sites for hydroxylation is 1. The summed E-state index contributed by atoms with van der Waals surface area (Å²) >= 11 is 0. The number of hydrogen-bond acceptors (Lipinski definition) is 3. The molecule has 0 saturated heterocycles. The average Bonchev–Trinajstić information content (AvgIpc) is 3.06.